The summed E-state index contributed by atoms with van der Waals surface area (Å²) in [5, 5.41) is 7.53. The average molecular weight is 468 g/mol. The number of para-hydroxylation sites is 1. The van der Waals surface area contributed by atoms with Gasteiger partial charge < -0.3 is 10.5 Å². The Morgan fingerprint density at radius 3 is 2.66 bits per heavy atom. The Labute approximate surface area is 202 Å². The molecule has 0 spiro atoms. The van der Waals surface area contributed by atoms with Gasteiger partial charge in [-0.1, -0.05) is 24.1 Å². The number of nitrogen functional groups attached to an aromatic ring is 1. The molecule has 0 saturated carbocycles. The Morgan fingerprint density at radius 1 is 1.11 bits per heavy atom. The van der Waals surface area contributed by atoms with Gasteiger partial charge in [0.1, 0.15) is 29.3 Å². The van der Waals surface area contributed by atoms with Crippen LogP contribution in [0.15, 0.2) is 60.9 Å². The highest BCUT2D eigenvalue weighted by molar-refractivity contribution is 5.98. The van der Waals surface area contributed by atoms with E-state index in [1.165, 1.54) is 6.33 Å². The first-order chi connectivity index (χ1) is 17.1. The Balaban J connectivity index is 1.45. The van der Waals surface area contributed by atoms with Crippen molar-refractivity contribution in [2.75, 3.05) is 18.8 Å². The second-order valence-electron chi connectivity index (χ2n) is 8.25. The summed E-state index contributed by atoms with van der Waals surface area (Å²) in [5.74, 6) is 6.69. The fourth-order valence-corrected chi connectivity index (χ4v) is 4.30. The van der Waals surface area contributed by atoms with Crippen molar-refractivity contribution in [3.8, 4) is 34.6 Å². The topological polar surface area (TPSA) is 111 Å². The molecule has 0 bridgehead atoms. The lowest BCUT2D eigenvalue weighted by molar-refractivity contribution is -0.121. The van der Waals surface area contributed by atoms with Gasteiger partial charge in [-0.3, -0.25) is 10.2 Å². The van der Waals surface area contributed by atoms with Crippen molar-refractivity contribution in [1.82, 2.24) is 30.2 Å². The Kier molecular flexibility index (Phi) is 6.28. The maximum Gasteiger partial charge on any atom is 0.310 e. The largest absolute Gasteiger partial charge is 0.457 e. The molecule has 1 saturated heterocycles. The van der Waals surface area contributed by atoms with Gasteiger partial charge in [-0.25, -0.2) is 19.7 Å². The van der Waals surface area contributed by atoms with Gasteiger partial charge in [-0.2, -0.15) is 5.10 Å². The molecule has 0 radical (unpaired) electrons. The third-order valence-corrected chi connectivity index (χ3v) is 5.87. The molecule has 35 heavy (non-hydrogen) atoms. The molecule has 5 rings (SSSR count). The first-order valence-electron chi connectivity index (χ1n) is 11.4. The molecule has 3 heterocycles. The average Bonchev–Trinajstić information content (AvgIpc) is 3.27. The fourth-order valence-electron chi connectivity index (χ4n) is 4.30. The van der Waals surface area contributed by atoms with Gasteiger partial charge >= 0.3 is 5.91 Å². The van der Waals surface area contributed by atoms with E-state index in [-0.39, 0.29) is 11.9 Å². The van der Waals surface area contributed by atoms with Crippen LogP contribution in [0.25, 0.3) is 22.3 Å². The van der Waals surface area contributed by atoms with Crippen LogP contribution in [0.4, 0.5) is 5.82 Å². The number of hydrazine groups is 1. The van der Waals surface area contributed by atoms with Crippen molar-refractivity contribution >= 4 is 22.8 Å². The number of nitrogens with zero attached hydrogens (tertiary/aromatic N) is 5. The SMILES string of the molecule is CC#CC(=O)NN1CCCC(n2nc(-c3ccc(Oc4ccccc4)cc3)c3c(N)ncnc32)C1. The molecule has 9 heteroatoms. The summed E-state index contributed by atoms with van der Waals surface area (Å²) in [6.45, 7) is 2.97. The maximum atomic E-state index is 11.9. The van der Waals surface area contributed by atoms with Crippen LogP contribution in [0.5, 0.6) is 11.5 Å². The van der Waals surface area contributed by atoms with E-state index in [0.29, 0.717) is 29.1 Å². The highest BCUT2D eigenvalue weighted by atomic mass is 16.5. The summed E-state index contributed by atoms with van der Waals surface area (Å²) in [7, 11) is 0. The number of ether oxygens (including phenoxy) is 1. The van der Waals surface area contributed by atoms with Crippen molar-refractivity contribution in [1.29, 1.82) is 0 Å². The molecule has 1 unspecified atom stereocenters. The second-order valence-corrected chi connectivity index (χ2v) is 8.25. The molecule has 1 amide bonds. The molecule has 9 nitrogen and oxygen atoms in total. The number of fused-ring (bicyclic) bond motifs is 1. The molecule has 1 fully saturated rings. The summed E-state index contributed by atoms with van der Waals surface area (Å²) in [6, 6.07) is 17.3. The van der Waals surface area contributed by atoms with Crippen LogP contribution >= 0.6 is 0 Å². The van der Waals surface area contributed by atoms with Gasteiger partial charge in [0.2, 0.25) is 0 Å². The smallest absolute Gasteiger partial charge is 0.310 e. The Bertz CT molecular complexity index is 1400. The molecule has 0 aliphatic carbocycles. The number of anilines is 1. The fraction of sp³-hybridized carbons (Fsp3) is 0.231. The summed E-state index contributed by atoms with van der Waals surface area (Å²) in [6.07, 6.45) is 3.25. The summed E-state index contributed by atoms with van der Waals surface area (Å²) in [4.78, 5) is 20.7. The van der Waals surface area contributed by atoms with Crippen molar-refractivity contribution in [3.63, 3.8) is 0 Å². The quantitative estimate of drug-likeness (QED) is 0.432. The molecule has 1 aliphatic heterocycles. The van der Waals surface area contributed by atoms with Gasteiger partial charge in [0.25, 0.3) is 0 Å². The number of nitrogens with two attached hydrogens (primary N) is 1. The molecule has 2 aromatic carbocycles. The van der Waals surface area contributed by atoms with Gasteiger partial charge in [0.15, 0.2) is 5.65 Å². The number of benzene rings is 2. The molecule has 1 atom stereocenters. The summed E-state index contributed by atoms with van der Waals surface area (Å²) >= 11 is 0. The predicted octanol–water partition coefficient (Wildman–Crippen LogP) is 3.56. The van der Waals surface area contributed by atoms with E-state index in [1.807, 2.05) is 64.3 Å². The van der Waals surface area contributed by atoms with E-state index >= 15 is 0 Å². The lowest BCUT2D eigenvalue weighted by Gasteiger charge is -2.32. The zero-order chi connectivity index (χ0) is 24.2. The van der Waals surface area contributed by atoms with Crippen LogP contribution in [0, 0.1) is 11.8 Å². The first kappa shape index (κ1) is 22.4. The molecule has 4 aromatic rings. The molecular formula is C26H25N7O2. The lowest BCUT2D eigenvalue weighted by Crippen LogP contribution is -2.47. The highest BCUT2D eigenvalue weighted by Gasteiger charge is 2.27. The van der Waals surface area contributed by atoms with Crippen LogP contribution in [0.3, 0.4) is 0 Å². The molecule has 176 valence electrons. The second kappa shape index (κ2) is 9.83. The molecule has 3 N–H and O–H groups in total. The summed E-state index contributed by atoms with van der Waals surface area (Å²) in [5.41, 5.74) is 11.4. The summed E-state index contributed by atoms with van der Waals surface area (Å²) < 4.78 is 7.82. The minimum atomic E-state index is -0.316. The number of aromatic nitrogens is 4. The highest BCUT2D eigenvalue weighted by Crippen LogP contribution is 2.34. The van der Waals surface area contributed by atoms with E-state index in [9.17, 15) is 4.79 Å². The monoisotopic (exact) mass is 467 g/mol. The van der Waals surface area contributed by atoms with Gasteiger partial charge in [0, 0.05) is 18.7 Å². The van der Waals surface area contributed by atoms with Crippen molar-refractivity contribution in [2.24, 2.45) is 0 Å². The number of amides is 1. The minimum Gasteiger partial charge on any atom is -0.457 e. The maximum absolute atomic E-state index is 11.9. The molecular weight excluding hydrogens is 442 g/mol. The number of carbonyl (C=O) groups is 1. The zero-order valence-corrected chi connectivity index (χ0v) is 19.3. The van der Waals surface area contributed by atoms with Crippen molar-refractivity contribution < 1.29 is 9.53 Å². The minimum absolute atomic E-state index is 0.00451. The normalized spacial score (nSPS) is 15.9. The van der Waals surface area contributed by atoms with Gasteiger partial charge in [-0.05, 0) is 62.1 Å². The van der Waals surface area contributed by atoms with E-state index in [0.717, 1.165) is 36.4 Å². The van der Waals surface area contributed by atoms with E-state index in [4.69, 9.17) is 15.6 Å². The number of carbonyl (C=O) groups excluding carboxylic acids is 1. The van der Waals surface area contributed by atoms with E-state index in [2.05, 4.69) is 27.2 Å². The van der Waals surface area contributed by atoms with Crippen LogP contribution < -0.4 is 15.9 Å². The third kappa shape index (κ3) is 4.78. The first-order valence-corrected chi connectivity index (χ1v) is 11.4. The lowest BCUT2D eigenvalue weighted by atomic mass is 10.1. The Hall–Kier alpha value is -4.42. The van der Waals surface area contributed by atoms with Crippen LogP contribution in [-0.2, 0) is 4.79 Å². The molecule has 2 aromatic heterocycles. The molecule has 1 aliphatic rings. The van der Waals surface area contributed by atoms with Crippen LogP contribution in [0.1, 0.15) is 25.8 Å². The van der Waals surface area contributed by atoms with Crippen LogP contribution in [0.2, 0.25) is 0 Å². The van der Waals surface area contributed by atoms with Crippen molar-refractivity contribution in [2.45, 2.75) is 25.8 Å². The van der Waals surface area contributed by atoms with E-state index < -0.39 is 0 Å². The zero-order valence-electron chi connectivity index (χ0n) is 19.3. The predicted molar refractivity (Wildman–Crippen MR) is 133 cm³/mol. The third-order valence-electron chi connectivity index (χ3n) is 5.87. The number of rotatable bonds is 5. The van der Waals surface area contributed by atoms with Gasteiger partial charge in [0.05, 0.1) is 11.4 Å². The number of nitrogens with one attached hydrogen (secondary N) is 1. The number of piperidine rings is 1. The van der Waals surface area contributed by atoms with E-state index in [1.54, 1.807) is 6.92 Å². The standard InChI is InChI=1S/C26H25N7O2/c1-2-7-22(34)30-32-15-6-8-19(16-32)33-26-23(25(27)28-17-29-26)24(31-33)18-11-13-21(14-12-18)35-20-9-4-3-5-10-20/h3-5,9-14,17,19H,6,8,15-16H2,1H3,(H,30,34)(H2,27,28,29). The van der Waals surface area contributed by atoms with Gasteiger partial charge in [-0.15, -0.1) is 0 Å². The van der Waals surface area contributed by atoms with Crippen LogP contribution in [-0.4, -0.2) is 43.8 Å². The number of hydrogen-bond donors (Lipinski definition) is 2. The number of hydrogen-bond acceptors (Lipinski definition) is 7. The van der Waals surface area contributed by atoms with Crippen molar-refractivity contribution in [3.05, 3.63) is 60.9 Å². The Morgan fingerprint density at radius 2 is 1.89 bits per heavy atom.